The lowest BCUT2D eigenvalue weighted by atomic mass is 10.0. The summed E-state index contributed by atoms with van der Waals surface area (Å²) in [6, 6.07) is 16.8. The Bertz CT molecular complexity index is 726. The molecule has 1 heterocycles. The van der Waals surface area contributed by atoms with E-state index in [1.165, 1.54) is 15.8 Å². The first-order valence-corrected chi connectivity index (χ1v) is 8.09. The summed E-state index contributed by atoms with van der Waals surface area (Å²) in [5.74, 6) is 1.51. The highest BCUT2D eigenvalue weighted by molar-refractivity contribution is 7.99. The standard InChI is InChI=1S/C18H18OS/c1-12(2)14-9-10-16-15(11-14)18(20-3)17(19-16)13-7-5-4-6-8-13/h4-12H,1-3H3. The zero-order chi connectivity index (χ0) is 14.1. The molecule has 0 aliphatic carbocycles. The van der Waals surface area contributed by atoms with Crippen molar-refractivity contribution < 1.29 is 4.42 Å². The van der Waals surface area contributed by atoms with Gasteiger partial charge in [-0.3, -0.25) is 0 Å². The van der Waals surface area contributed by atoms with Crippen molar-refractivity contribution in [1.29, 1.82) is 0 Å². The molecular weight excluding hydrogens is 264 g/mol. The molecule has 0 unspecified atom stereocenters. The van der Waals surface area contributed by atoms with Gasteiger partial charge >= 0.3 is 0 Å². The minimum absolute atomic E-state index is 0.532. The van der Waals surface area contributed by atoms with Gasteiger partial charge in [-0.2, -0.15) is 0 Å². The molecule has 3 rings (SSSR count). The normalized spacial score (nSPS) is 11.4. The third kappa shape index (κ3) is 2.25. The van der Waals surface area contributed by atoms with E-state index in [1.807, 2.05) is 18.2 Å². The second-order valence-corrected chi connectivity index (χ2v) is 6.06. The molecule has 0 N–H and O–H groups in total. The Morgan fingerprint density at radius 1 is 1.00 bits per heavy atom. The van der Waals surface area contributed by atoms with Crippen molar-refractivity contribution in [3.05, 3.63) is 54.1 Å². The van der Waals surface area contributed by atoms with E-state index >= 15 is 0 Å². The zero-order valence-electron chi connectivity index (χ0n) is 12.0. The quantitative estimate of drug-likeness (QED) is 0.551. The van der Waals surface area contributed by atoms with Gasteiger partial charge < -0.3 is 4.42 Å². The van der Waals surface area contributed by atoms with Crippen LogP contribution in [0.1, 0.15) is 25.3 Å². The highest BCUT2D eigenvalue weighted by Gasteiger charge is 2.15. The van der Waals surface area contributed by atoms with Gasteiger partial charge in [0.2, 0.25) is 0 Å². The Labute approximate surface area is 124 Å². The highest BCUT2D eigenvalue weighted by Crippen LogP contribution is 2.40. The number of fused-ring (bicyclic) bond motifs is 1. The first kappa shape index (κ1) is 13.3. The molecule has 102 valence electrons. The number of furan rings is 1. The van der Waals surface area contributed by atoms with Crippen LogP contribution in [0.5, 0.6) is 0 Å². The molecule has 0 radical (unpaired) electrons. The largest absolute Gasteiger partial charge is 0.455 e. The summed E-state index contributed by atoms with van der Waals surface area (Å²) in [7, 11) is 0. The van der Waals surface area contributed by atoms with Gasteiger partial charge in [0.05, 0.1) is 4.90 Å². The van der Waals surface area contributed by atoms with Crippen LogP contribution in [-0.4, -0.2) is 6.26 Å². The summed E-state index contributed by atoms with van der Waals surface area (Å²) < 4.78 is 6.09. The molecule has 0 atom stereocenters. The molecule has 0 saturated heterocycles. The van der Waals surface area contributed by atoms with E-state index in [-0.39, 0.29) is 0 Å². The van der Waals surface area contributed by atoms with Crippen molar-refractivity contribution in [2.45, 2.75) is 24.7 Å². The Morgan fingerprint density at radius 2 is 1.75 bits per heavy atom. The Balaban J connectivity index is 2.24. The van der Waals surface area contributed by atoms with Crippen LogP contribution in [0.25, 0.3) is 22.3 Å². The van der Waals surface area contributed by atoms with E-state index in [9.17, 15) is 0 Å². The van der Waals surface area contributed by atoms with Crippen molar-refractivity contribution in [3.8, 4) is 11.3 Å². The van der Waals surface area contributed by atoms with Crippen molar-refractivity contribution in [1.82, 2.24) is 0 Å². The number of rotatable bonds is 3. The summed E-state index contributed by atoms with van der Waals surface area (Å²) in [6.45, 7) is 4.44. The van der Waals surface area contributed by atoms with Gasteiger partial charge in [-0.25, -0.2) is 0 Å². The third-order valence-corrected chi connectivity index (χ3v) is 4.39. The second-order valence-electron chi connectivity index (χ2n) is 5.24. The smallest absolute Gasteiger partial charge is 0.148 e. The first-order chi connectivity index (χ1) is 9.70. The van der Waals surface area contributed by atoms with Crippen LogP contribution in [0.4, 0.5) is 0 Å². The minimum Gasteiger partial charge on any atom is -0.455 e. The molecule has 2 heteroatoms. The first-order valence-electron chi connectivity index (χ1n) is 6.86. The number of hydrogen-bond donors (Lipinski definition) is 0. The second kappa shape index (κ2) is 5.37. The monoisotopic (exact) mass is 282 g/mol. The molecule has 0 bridgehead atoms. The van der Waals surface area contributed by atoms with Crippen LogP contribution >= 0.6 is 11.8 Å². The molecule has 0 aliphatic heterocycles. The van der Waals surface area contributed by atoms with Gasteiger partial charge in [-0.1, -0.05) is 50.2 Å². The van der Waals surface area contributed by atoms with Crippen LogP contribution in [0.2, 0.25) is 0 Å². The maximum Gasteiger partial charge on any atom is 0.148 e. The van der Waals surface area contributed by atoms with Gasteiger partial charge in [0, 0.05) is 10.9 Å². The van der Waals surface area contributed by atoms with Crippen molar-refractivity contribution >= 4 is 22.7 Å². The molecule has 0 fully saturated rings. The molecule has 0 aliphatic rings. The molecule has 20 heavy (non-hydrogen) atoms. The lowest BCUT2D eigenvalue weighted by Crippen LogP contribution is -1.85. The summed E-state index contributed by atoms with van der Waals surface area (Å²) >= 11 is 1.75. The Hall–Kier alpha value is -1.67. The summed E-state index contributed by atoms with van der Waals surface area (Å²) in [5, 5.41) is 1.22. The van der Waals surface area contributed by atoms with E-state index in [0.29, 0.717) is 5.92 Å². The number of hydrogen-bond acceptors (Lipinski definition) is 2. The minimum atomic E-state index is 0.532. The molecular formula is C18H18OS. The van der Waals surface area contributed by atoms with Gasteiger partial charge in [0.15, 0.2) is 0 Å². The fourth-order valence-corrected chi connectivity index (χ4v) is 3.16. The maximum atomic E-state index is 6.09. The molecule has 1 nitrogen and oxygen atoms in total. The summed E-state index contributed by atoms with van der Waals surface area (Å²) in [6.07, 6.45) is 2.11. The number of thioether (sulfide) groups is 1. The van der Waals surface area contributed by atoms with Crippen molar-refractivity contribution in [2.75, 3.05) is 6.26 Å². The SMILES string of the molecule is CSc1c(-c2ccccc2)oc2ccc(C(C)C)cc12. The topological polar surface area (TPSA) is 13.1 Å². The van der Waals surface area contributed by atoms with E-state index < -0.39 is 0 Å². The highest BCUT2D eigenvalue weighted by atomic mass is 32.2. The predicted octanol–water partition coefficient (Wildman–Crippen LogP) is 5.95. The van der Waals surface area contributed by atoms with Crippen LogP contribution in [-0.2, 0) is 0 Å². The van der Waals surface area contributed by atoms with Crippen molar-refractivity contribution in [2.24, 2.45) is 0 Å². The molecule has 0 amide bonds. The average Bonchev–Trinajstić information content (AvgIpc) is 2.85. The molecule has 1 aromatic heterocycles. The van der Waals surface area contributed by atoms with Crippen LogP contribution in [0.15, 0.2) is 57.8 Å². The third-order valence-electron chi connectivity index (χ3n) is 3.57. The van der Waals surface area contributed by atoms with Gasteiger partial charge in [0.25, 0.3) is 0 Å². The van der Waals surface area contributed by atoms with Crippen LogP contribution < -0.4 is 0 Å². The van der Waals surface area contributed by atoms with Gasteiger partial charge in [-0.15, -0.1) is 11.8 Å². The van der Waals surface area contributed by atoms with Crippen molar-refractivity contribution in [3.63, 3.8) is 0 Å². The van der Waals surface area contributed by atoms with Gasteiger partial charge in [0.1, 0.15) is 11.3 Å². The van der Waals surface area contributed by atoms with E-state index in [1.54, 1.807) is 11.8 Å². The molecule has 0 spiro atoms. The number of benzene rings is 2. The van der Waals surface area contributed by atoms with E-state index in [0.717, 1.165) is 16.9 Å². The Kier molecular flexibility index (Phi) is 3.58. The van der Waals surface area contributed by atoms with Gasteiger partial charge in [-0.05, 0) is 29.9 Å². The average molecular weight is 282 g/mol. The lowest BCUT2D eigenvalue weighted by Gasteiger charge is -2.04. The summed E-state index contributed by atoms with van der Waals surface area (Å²) in [5.41, 5.74) is 3.46. The fourth-order valence-electron chi connectivity index (χ4n) is 2.43. The fraction of sp³-hybridized carbons (Fsp3) is 0.222. The molecule has 2 aromatic carbocycles. The van der Waals surface area contributed by atoms with Crippen LogP contribution in [0, 0.1) is 0 Å². The van der Waals surface area contributed by atoms with E-state index in [2.05, 4.69) is 50.4 Å². The van der Waals surface area contributed by atoms with Crippen LogP contribution in [0.3, 0.4) is 0 Å². The lowest BCUT2D eigenvalue weighted by molar-refractivity contribution is 0.624. The molecule has 0 saturated carbocycles. The Morgan fingerprint density at radius 3 is 2.40 bits per heavy atom. The summed E-state index contributed by atoms with van der Waals surface area (Å²) in [4.78, 5) is 1.23. The molecule has 3 aromatic rings. The predicted molar refractivity (Wildman–Crippen MR) is 87.5 cm³/mol. The zero-order valence-corrected chi connectivity index (χ0v) is 12.8. The van der Waals surface area contributed by atoms with E-state index in [4.69, 9.17) is 4.42 Å². The maximum absolute atomic E-state index is 6.09.